The summed E-state index contributed by atoms with van der Waals surface area (Å²) in [5.41, 5.74) is 0. The van der Waals surface area contributed by atoms with Gasteiger partial charge in [0.1, 0.15) is 6.04 Å². The van der Waals surface area contributed by atoms with E-state index < -0.39 is 12.0 Å². The maximum atomic E-state index is 12.0. The van der Waals surface area contributed by atoms with E-state index in [1.165, 1.54) is 18.4 Å². The molecule has 1 N–H and O–H groups in total. The van der Waals surface area contributed by atoms with Gasteiger partial charge in [0, 0.05) is 4.88 Å². The van der Waals surface area contributed by atoms with Crippen LogP contribution in [0, 0.1) is 0 Å². The molecule has 1 aromatic heterocycles. The largest absolute Gasteiger partial charge is 0.467 e. The van der Waals surface area contributed by atoms with Crippen molar-refractivity contribution in [3.63, 3.8) is 0 Å². The van der Waals surface area contributed by atoms with Crippen LogP contribution in [0.25, 0.3) is 0 Å². The fraction of sp³-hybridized carbons (Fsp3) is 0.500. The van der Waals surface area contributed by atoms with Crippen LogP contribution >= 0.6 is 22.9 Å². The van der Waals surface area contributed by atoms with Gasteiger partial charge in [0.05, 0.1) is 17.4 Å². The summed E-state index contributed by atoms with van der Waals surface area (Å²) in [7, 11) is 1.31. The highest BCUT2D eigenvalue weighted by atomic mass is 35.5. The van der Waals surface area contributed by atoms with Crippen molar-refractivity contribution in [2.24, 2.45) is 0 Å². The second-order valence-corrected chi connectivity index (χ2v) is 5.60. The van der Waals surface area contributed by atoms with Crippen LogP contribution in [0.3, 0.4) is 0 Å². The second kappa shape index (κ2) is 6.75. The molecule has 4 nitrogen and oxygen atoms in total. The van der Waals surface area contributed by atoms with Gasteiger partial charge in [-0.1, -0.05) is 18.5 Å². The number of ether oxygens (including phenoxy) is 1. The zero-order chi connectivity index (χ0) is 13.7. The number of hydrogen-bond acceptors (Lipinski definition) is 4. The Balaban J connectivity index is 2.67. The van der Waals surface area contributed by atoms with Crippen molar-refractivity contribution >= 4 is 34.8 Å². The molecular formula is C12H16ClNO3S. The van der Waals surface area contributed by atoms with E-state index in [-0.39, 0.29) is 11.8 Å². The van der Waals surface area contributed by atoms with Gasteiger partial charge in [0.25, 0.3) is 0 Å². The van der Waals surface area contributed by atoms with Gasteiger partial charge in [-0.25, -0.2) is 4.79 Å². The van der Waals surface area contributed by atoms with Crippen molar-refractivity contribution < 1.29 is 14.3 Å². The first kappa shape index (κ1) is 15.0. The molecule has 0 spiro atoms. The number of halogens is 1. The van der Waals surface area contributed by atoms with Crippen LogP contribution in [0.1, 0.15) is 31.1 Å². The second-order valence-electron chi connectivity index (χ2n) is 3.86. The molecule has 0 aliphatic rings. The molecule has 6 heteroatoms. The van der Waals surface area contributed by atoms with E-state index in [1.807, 2.05) is 13.0 Å². The maximum Gasteiger partial charge on any atom is 0.328 e. The Labute approximate surface area is 115 Å². The SMILES string of the molecule is CC[C@@H](NC(=O)[C@H](C)c1ccc(Cl)s1)C(=O)OC. The minimum absolute atomic E-state index is 0.203. The Morgan fingerprint density at radius 3 is 2.61 bits per heavy atom. The highest BCUT2D eigenvalue weighted by molar-refractivity contribution is 7.16. The number of nitrogens with one attached hydrogen (secondary N) is 1. The summed E-state index contributed by atoms with van der Waals surface area (Å²) in [6.07, 6.45) is 0.496. The van der Waals surface area contributed by atoms with Crippen LogP contribution in [-0.4, -0.2) is 25.0 Å². The van der Waals surface area contributed by atoms with Crippen molar-refractivity contribution in [3.05, 3.63) is 21.3 Å². The first-order valence-corrected chi connectivity index (χ1v) is 6.82. The molecule has 0 saturated heterocycles. The topological polar surface area (TPSA) is 55.4 Å². The van der Waals surface area contributed by atoms with Crippen molar-refractivity contribution in [3.8, 4) is 0 Å². The van der Waals surface area contributed by atoms with E-state index in [2.05, 4.69) is 10.1 Å². The molecule has 1 heterocycles. The van der Waals surface area contributed by atoms with Crippen LogP contribution in [0.15, 0.2) is 12.1 Å². The molecule has 1 amide bonds. The number of rotatable bonds is 5. The molecule has 1 rings (SSSR count). The standard InChI is InChI=1S/C12H16ClNO3S/c1-4-8(12(16)17-3)14-11(15)7(2)9-5-6-10(13)18-9/h5-8H,4H2,1-3H3,(H,14,15)/t7-,8-/m1/s1. The average Bonchev–Trinajstić information content (AvgIpc) is 2.80. The Kier molecular flexibility index (Phi) is 5.62. The van der Waals surface area contributed by atoms with Crippen LogP contribution in [0.5, 0.6) is 0 Å². The Hall–Kier alpha value is -1.07. The molecule has 100 valence electrons. The molecule has 0 unspecified atom stereocenters. The van der Waals surface area contributed by atoms with Crippen molar-refractivity contribution in [1.82, 2.24) is 5.32 Å². The smallest absolute Gasteiger partial charge is 0.328 e. The van der Waals surface area contributed by atoms with Crippen LogP contribution in [0.2, 0.25) is 4.34 Å². The fourth-order valence-corrected chi connectivity index (χ4v) is 2.57. The average molecular weight is 290 g/mol. The summed E-state index contributed by atoms with van der Waals surface area (Å²) < 4.78 is 5.26. The fourth-order valence-electron chi connectivity index (χ4n) is 1.46. The molecule has 0 aromatic carbocycles. The predicted molar refractivity (Wildman–Crippen MR) is 72.0 cm³/mol. The number of methoxy groups -OCH3 is 1. The molecule has 0 aliphatic heterocycles. The first-order chi connectivity index (χ1) is 8.49. The number of carbonyl (C=O) groups is 2. The molecule has 0 radical (unpaired) electrons. The predicted octanol–water partition coefficient (Wildman–Crippen LogP) is 2.57. The van der Waals surface area contributed by atoms with Gasteiger partial charge >= 0.3 is 5.97 Å². The van der Waals surface area contributed by atoms with Crippen molar-refractivity contribution in [2.45, 2.75) is 32.2 Å². The molecule has 0 fully saturated rings. The van der Waals surface area contributed by atoms with Gasteiger partial charge < -0.3 is 10.1 Å². The maximum absolute atomic E-state index is 12.0. The minimum Gasteiger partial charge on any atom is -0.467 e. The van der Waals surface area contributed by atoms with Crippen molar-refractivity contribution in [2.75, 3.05) is 7.11 Å². The molecule has 0 bridgehead atoms. The summed E-state index contributed by atoms with van der Waals surface area (Å²) in [4.78, 5) is 24.2. The zero-order valence-electron chi connectivity index (χ0n) is 10.5. The normalized spacial score (nSPS) is 13.8. The zero-order valence-corrected chi connectivity index (χ0v) is 12.1. The molecular weight excluding hydrogens is 274 g/mol. The van der Waals surface area contributed by atoms with Gasteiger partial charge in [-0.3, -0.25) is 4.79 Å². The minimum atomic E-state index is -0.597. The number of hydrogen-bond donors (Lipinski definition) is 1. The van der Waals surface area contributed by atoms with E-state index in [0.717, 1.165) is 4.88 Å². The Bertz CT molecular complexity index is 433. The van der Waals surface area contributed by atoms with Crippen LogP contribution < -0.4 is 5.32 Å². The highest BCUT2D eigenvalue weighted by Gasteiger charge is 2.24. The lowest BCUT2D eigenvalue weighted by atomic mass is 10.1. The van der Waals surface area contributed by atoms with E-state index in [0.29, 0.717) is 10.8 Å². The van der Waals surface area contributed by atoms with Gasteiger partial charge in [0.15, 0.2) is 0 Å². The molecule has 0 aliphatic carbocycles. The summed E-state index contributed by atoms with van der Waals surface area (Å²) in [6.45, 7) is 3.59. The van der Waals surface area contributed by atoms with E-state index in [9.17, 15) is 9.59 Å². The highest BCUT2D eigenvalue weighted by Crippen LogP contribution is 2.28. The van der Waals surface area contributed by atoms with Gasteiger partial charge in [-0.15, -0.1) is 11.3 Å². The number of thiophene rings is 1. The van der Waals surface area contributed by atoms with E-state index in [1.54, 1.807) is 13.0 Å². The lowest BCUT2D eigenvalue weighted by Gasteiger charge is -2.17. The first-order valence-electron chi connectivity index (χ1n) is 5.63. The lowest BCUT2D eigenvalue weighted by Crippen LogP contribution is -2.42. The Morgan fingerprint density at radius 1 is 1.50 bits per heavy atom. The van der Waals surface area contributed by atoms with Gasteiger partial charge in [-0.2, -0.15) is 0 Å². The third-order valence-electron chi connectivity index (χ3n) is 2.62. The van der Waals surface area contributed by atoms with Crippen LogP contribution in [0.4, 0.5) is 0 Å². The molecule has 2 atom stereocenters. The lowest BCUT2D eigenvalue weighted by molar-refractivity contribution is -0.145. The summed E-state index contributed by atoms with van der Waals surface area (Å²) in [6, 6.07) is 2.97. The number of esters is 1. The third-order valence-corrected chi connectivity index (χ3v) is 4.04. The van der Waals surface area contributed by atoms with Gasteiger partial charge in [0.2, 0.25) is 5.91 Å². The van der Waals surface area contributed by atoms with E-state index >= 15 is 0 Å². The summed E-state index contributed by atoms with van der Waals surface area (Å²) in [5.74, 6) is -0.964. The van der Waals surface area contributed by atoms with Crippen molar-refractivity contribution in [1.29, 1.82) is 0 Å². The molecule has 18 heavy (non-hydrogen) atoms. The Morgan fingerprint density at radius 2 is 2.17 bits per heavy atom. The van der Waals surface area contributed by atoms with E-state index in [4.69, 9.17) is 11.6 Å². The van der Waals surface area contributed by atoms with Crippen LogP contribution in [-0.2, 0) is 14.3 Å². The number of carbonyl (C=O) groups excluding carboxylic acids is 2. The summed E-state index contributed by atoms with van der Waals surface area (Å²) >= 11 is 7.19. The monoisotopic (exact) mass is 289 g/mol. The quantitative estimate of drug-likeness (QED) is 0.848. The third kappa shape index (κ3) is 3.71. The summed E-state index contributed by atoms with van der Waals surface area (Å²) in [5, 5.41) is 2.67. The van der Waals surface area contributed by atoms with Gasteiger partial charge in [-0.05, 0) is 25.5 Å². The molecule has 0 saturated carbocycles. The molecule has 1 aromatic rings. The number of amides is 1.